The first-order valence-electron chi connectivity index (χ1n) is 10.5. The van der Waals surface area contributed by atoms with Crippen molar-refractivity contribution in [3.63, 3.8) is 0 Å². The van der Waals surface area contributed by atoms with E-state index < -0.39 is 0 Å². The molecule has 2 fully saturated rings. The molecule has 29 heavy (non-hydrogen) atoms. The van der Waals surface area contributed by atoms with Crippen LogP contribution in [0.2, 0.25) is 0 Å². The Morgan fingerprint density at radius 1 is 0.931 bits per heavy atom. The van der Waals surface area contributed by atoms with Gasteiger partial charge in [-0.1, -0.05) is 6.92 Å². The Morgan fingerprint density at radius 2 is 1.55 bits per heavy atom. The number of hydrogen-bond acceptors (Lipinski definition) is 5. The topological polar surface area (TPSA) is 70.2 Å². The summed E-state index contributed by atoms with van der Waals surface area (Å²) in [5.41, 5.74) is 0.651. The van der Waals surface area contributed by atoms with E-state index in [2.05, 4.69) is 11.9 Å². The number of benzene rings is 1. The summed E-state index contributed by atoms with van der Waals surface area (Å²) in [6.45, 7) is 6.43. The predicted molar refractivity (Wildman–Crippen MR) is 110 cm³/mol. The van der Waals surface area contributed by atoms with Gasteiger partial charge in [-0.05, 0) is 44.2 Å². The van der Waals surface area contributed by atoms with Crippen LogP contribution in [0.1, 0.15) is 36.5 Å². The third kappa shape index (κ3) is 5.56. The lowest BCUT2D eigenvalue weighted by molar-refractivity contribution is -0.142. The third-order valence-electron chi connectivity index (χ3n) is 5.87. The Kier molecular flexibility index (Phi) is 7.25. The van der Waals surface area contributed by atoms with Gasteiger partial charge in [-0.2, -0.15) is 0 Å². The van der Waals surface area contributed by atoms with Crippen molar-refractivity contribution >= 4 is 17.6 Å². The summed E-state index contributed by atoms with van der Waals surface area (Å²) >= 11 is 0. The lowest BCUT2D eigenvalue weighted by atomic mass is 9.95. The van der Waals surface area contributed by atoms with E-state index in [1.54, 1.807) is 29.2 Å². The second-order valence-corrected chi connectivity index (χ2v) is 7.87. The van der Waals surface area contributed by atoms with Crippen molar-refractivity contribution in [2.75, 3.05) is 52.9 Å². The summed E-state index contributed by atoms with van der Waals surface area (Å²) in [4.78, 5) is 42.8. The number of rotatable bonds is 6. The molecule has 1 aromatic carbocycles. The normalized spacial score (nSPS) is 18.6. The van der Waals surface area contributed by atoms with Crippen molar-refractivity contribution in [3.05, 3.63) is 29.8 Å². The van der Waals surface area contributed by atoms with Gasteiger partial charge in [-0.15, -0.1) is 0 Å². The second kappa shape index (κ2) is 9.87. The van der Waals surface area contributed by atoms with Crippen LogP contribution in [0.5, 0.6) is 5.75 Å². The standard InChI is InChI=1S/C22H31N3O4/c1-3-20(26)17-4-6-19(7-5-17)29-16-21(27)24-10-8-18(9-11-24)22(28)25-14-12-23(2)13-15-25/h4-7,18H,3,8-16H2,1-2H3. The molecule has 0 unspecified atom stereocenters. The minimum atomic E-state index is -0.0655. The molecule has 158 valence electrons. The number of ketones is 1. The van der Waals surface area contributed by atoms with Gasteiger partial charge in [0.25, 0.3) is 5.91 Å². The van der Waals surface area contributed by atoms with Crippen molar-refractivity contribution in [3.8, 4) is 5.75 Å². The second-order valence-electron chi connectivity index (χ2n) is 7.87. The maximum absolute atomic E-state index is 12.7. The SMILES string of the molecule is CCC(=O)c1ccc(OCC(=O)N2CCC(C(=O)N3CCN(C)CC3)CC2)cc1. The van der Waals surface area contributed by atoms with Gasteiger partial charge in [-0.25, -0.2) is 0 Å². The van der Waals surface area contributed by atoms with Crippen LogP contribution in [0, 0.1) is 5.92 Å². The van der Waals surface area contributed by atoms with Gasteiger partial charge in [-0.3, -0.25) is 14.4 Å². The van der Waals surface area contributed by atoms with E-state index in [1.807, 2.05) is 11.8 Å². The van der Waals surface area contributed by atoms with Gasteiger partial charge in [0.15, 0.2) is 12.4 Å². The van der Waals surface area contributed by atoms with Gasteiger partial charge in [0.2, 0.25) is 5.91 Å². The van der Waals surface area contributed by atoms with Gasteiger partial charge in [0.1, 0.15) is 5.75 Å². The van der Waals surface area contributed by atoms with Gasteiger partial charge in [0.05, 0.1) is 0 Å². The maximum atomic E-state index is 12.7. The molecule has 7 nitrogen and oxygen atoms in total. The Labute approximate surface area is 172 Å². The molecule has 0 N–H and O–H groups in total. The van der Waals surface area contributed by atoms with Gasteiger partial charge >= 0.3 is 0 Å². The van der Waals surface area contributed by atoms with Crippen molar-refractivity contribution < 1.29 is 19.1 Å². The third-order valence-corrected chi connectivity index (χ3v) is 5.87. The zero-order chi connectivity index (χ0) is 20.8. The molecule has 7 heteroatoms. The lowest BCUT2D eigenvalue weighted by Gasteiger charge is -2.37. The largest absolute Gasteiger partial charge is 0.484 e. The van der Waals surface area contributed by atoms with Crippen LogP contribution < -0.4 is 4.74 Å². The summed E-state index contributed by atoms with van der Waals surface area (Å²) in [6, 6.07) is 6.89. The molecule has 2 saturated heterocycles. The minimum absolute atomic E-state index is 0.0204. The van der Waals surface area contributed by atoms with E-state index in [0.717, 1.165) is 26.2 Å². The molecule has 0 spiro atoms. The van der Waals surface area contributed by atoms with Crippen LogP contribution in [0.25, 0.3) is 0 Å². The van der Waals surface area contributed by atoms with Crippen LogP contribution in [0.4, 0.5) is 0 Å². The monoisotopic (exact) mass is 401 g/mol. The number of carbonyl (C=O) groups is 3. The van der Waals surface area contributed by atoms with E-state index in [-0.39, 0.29) is 30.1 Å². The number of carbonyl (C=O) groups excluding carboxylic acids is 3. The van der Waals surface area contributed by atoms with Gasteiger partial charge < -0.3 is 19.4 Å². The minimum Gasteiger partial charge on any atom is -0.484 e. The molecule has 0 radical (unpaired) electrons. The zero-order valence-electron chi connectivity index (χ0n) is 17.4. The van der Waals surface area contributed by atoms with E-state index in [0.29, 0.717) is 43.7 Å². The number of hydrogen-bond donors (Lipinski definition) is 0. The van der Waals surface area contributed by atoms with Crippen LogP contribution in [-0.2, 0) is 9.59 Å². The average Bonchev–Trinajstić information content (AvgIpc) is 2.77. The van der Waals surface area contributed by atoms with E-state index in [1.165, 1.54) is 0 Å². The number of likely N-dealkylation sites (N-methyl/N-ethyl adjacent to an activating group) is 1. The molecule has 0 saturated carbocycles. The lowest BCUT2D eigenvalue weighted by Crippen LogP contribution is -2.51. The first kappa shape index (κ1) is 21.3. The number of nitrogens with zero attached hydrogens (tertiary/aromatic N) is 3. The summed E-state index contributed by atoms with van der Waals surface area (Å²) in [6.07, 6.45) is 1.89. The number of piperazine rings is 1. The van der Waals surface area contributed by atoms with Crippen LogP contribution in [0.3, 0.4) is 0 Å². The van der Waals surface area contributed by atoms with E-state index in [9.17, 15) is 14.4 Å². The van der Waals surface area contributed by atoms with Gasteiger partial charge in [0, 0.05) is 57.2 Å². The molecule has 0 atom stereocenters. The fourth-order valence-electron chi connectivity index (χ4n) is 3.84. The fraction of sp³-hybridized carbons (Fsp3) is 0.591. The highest BCUT2D eigenvalue weighted by Gasteiger charge is 2.31. The summed E-state index contributed by atoms with van der Waals surface area (Å²) in [5.74, 6) is 0.854. The molecule has 1 aromatic rings. The predicted octanol–water partition coefficient (Wildman–Crippen LogP) is 1.67. The zero-order valence-corrected chi connectivity index (χ0v) is 17.4. The maximum Gasteiger partial charge on any atom is 0.260 e. The Balaban J connectivity index is 1.41. The molecular formula is C22H31N3O4. The molecule has 3 rings (SSSR count). The Hall–Kier alpha value is -2.41. The summed E-state index contributed by atoms with van der Waals surface area (Å²) in [5, 5.41) is 0. The first-order valence-corrected chi connectivity index (χ1v) is 10.5. The molecule has 0 bridgehead atoms. The number of Topliss-reactive ketones (excluding diaryl/α,β-unsaturated/α-hetero) is 1. The molecule has 0 aliphatic carbocycles. The van der Waals surface area contributed by atoms with E-state index in [4.69, 9.17) is 4.74 Å². The molecule has 2 aliphatic rings. The number of ether oxygens (including phenoxy) is 1. The Morgan fingerprint density at radius 3 is 2.14 bits per heavy atom. The number of likely N-dealkylation sites (tertiary alicyclic amines) is 1. The molecular weight excluding hydrogens is 370 g/mol. The first-order chi connectivity index (χ1) is 14.0. The van der Waals surface area contributed by atoms with Crippen molar-refractivity contribution in [2.24, 2.45) is 5.92 Å². The fourth-order valence-corrected chi connectivity index (χ4v) is 3.84. The van der Waals surface area contributed by atoms with Crippen LogP contribution >= 0.6 is 0 Å². The highest BCUT2D eigenvalue weighted by molar-refractivity contribution is 5.95. The van der Waals surface area contributed by atoms with Crippen molar-refractivity contribution in [1.29, 1.82) is 0 Å². The molecule has 2 aliphatic heterocycles. The van der Waals surface area contributed by atoms with Crippen molar-refractivity contribution in [1.82, 2.24) is 14.7 Å². The van der Waals surface area contributed by atoms with Crippen LogP contribution in [-0.4, -0.2) is 85.2 Å². The number of piperidine rings is 1. The Bertz CT molecular complexity index is 718. The molecule has 2 amide bonds. The van der Waals surface area contributed by atoms with E-state index >= 15 is 0 Å². The molecule has 2 heterocycles. The number of amides is 2. The molecule has 0 aromatic heterocycles. The highest BCUT2D eigenvalue weighted by atomic mass is 16.5. The smallest absolute Gasteiger partial charge is 0.260 e. The summed E-state index contributed by atoms with van der Waals surface area (Å²) in [7, 11) is 2.08. The summed E-state index contributed by atoms with van der Waals surface area (Å²) < 4.78 is 5.59. The van der Waals surface area contributed by atoms with Crippen LogP contribution in [0.15, 0.2) is 24.3 Å². The van der Waals surface area contributed by atoms with Crippen molar-refractivity contribution in [2.45, 2.75) is 26.2 Å². The highest BCUT2D eigenvalue weighted by Crippen LogP contribution is 2.21. The quantitative estimate of drug-likeness (QED) is 0.678. The average molecular weight is 402 g/mol.